The third-order valence-corrected chi connectivity index (χ3v) is 5.45. The van der Waals surface area contributed by atoms with Crippen LogP contribution in [0, 0.1) is 25.2 Å². The Balaban J connectivity index is 1.74. The zero-order chi connectivity index (χ0) is 20.1. The fourth-order valence-electron chi connectivity index (χ4n) is 3.46. The van der Waals surface area contributed by atoms with Gasteiger partial charge in [-0.05, 0) is 56.0 Å². The second-order valence-corrected chi connectivity index (χ2v) is 7.42. The lowest BCUT2D eigenvalue weighted by Crippen LogP contribution is -2.24. The molecule has 1 aromatic carbocycles. The lowest BCUT2D eigenvalue weighted by molar-refractivity contribution is -0.117. The molecular formula is C22H24ClN3O2. The number of nitrogens with one attached hydrogen (secondary N) is 1. The van der Waals surface area contributed by atoms with Gasteiger partial charge >= 0.3 is 0 Å². The van der Waals surface area contributed by atoms with Crippen molar-refractivity contribution >= 4 is 23.6 Å². The minimum absolute atomic E-state index is 0.0735. The molecule has 0 spiro atoms. The number of ether oxygens (including phenoxy) is 1. The second kappa shape index (κ2) is 9.09. The summed E-state index contributed by atoms with van der Waals surface area (Å²) in [4.78, 5) is 12.5. The van der Waals surface area contributed by atoms with Crippen LogP contribution in [0.5, 0.6) is 0 Å². The maximum atomic E-state index is 12.5. The Morgan fingerprint density at radius 2 is 2.21 bits per heavy atom. The molecular weight excluding hydrogens is 374 g/mol. The van der Waals surface area contributed by atoms with E-state index in [1.165, 1.54) is 0 Å². The number of carbonyl (C=O) groups excluding carboxylic acids is 1. The Morgan fingerprint density at radius 1 is 1.43 bits per heavy atom. The number of amides is 1. The smallest absolute Gasteiger partial charge is 0.262 e. The van der Waals surface area contributed by atoms with Gasteiger partial charge in [-0.1, -0.05) is 29.8 Å². The van der Waals surface area contributed by atoms with E-state index >= 15 is 0 Å². The lowest BCUT2D eigenvalue weighted by atomic mass is 10.1. The zero-order valence-electron chi connectivity index (χ0n) is 16.2. The number of rotatable bonds is 6. The fourth-order valence-corrected chi connectivity index (χ4v) is 3.67. The van der Waals surface area contributed by atoms with Gasteiger partial charge in [0, 0.05) is 36.1 Å². The van der Waals surface area contributed by atoms with E-state index in [-0.39, 0.29) is 18.2 Å². The molecule has 1 amide bonds. The number of hydrogen-bond donors (Lipinski definition) is 1. The molecule has 1 saturated heterocycles. The van der Waals surface area contributed by atoms with E-state index in [0.29, 0.717) is 5.02 Å². The molecule has 0 radical (unpaired) electrons. The van der Waals surface area contributed by atoms with Crippen molar-refractivity contribution in [2.75, 3.05) is 6.61 Å². The predicted molar refractivity (Wildman–Crippen MR) is 110 cm³/mol. The monoisotopic (exact) mass is 397 g/mol. The van der Waals surface area contributed by atoms with Crippen LogP contribution in [0.25, 0.3) is 6.08 Å². The molecule has 3 rings (SSSR count). The maximum absolute atomic E-state index is 12.5. The number of hydrogen-bond acceptors (Lipinski definition) is 3. The topological polar surface area (TPSA) is 67.0 Å². The quantitative estimate of drug-likeness (QED) is 0.587. The normalized spacial score (nSPS) is 16.8. The van der Waals surface area contributed by atoms with E-state index in [9.17, 15) is 10.1 Å². The van der Waals surface area contributed by atoms with Gasteiger partial charge in [-0.2, -0.15) is 5.26 Å². The summed E-state index contributed by atoms with van der Waals surface area (Å²) in [6, 6.07) is 11.3. The molecule has 0 aliphatic carbocycles. The molecule has 1 aliphatic heterocycles. The number of aromatic nitrogens is 1. The minimum atomic E-state index is -0.411. The fraction of sp³-hybridized carbons (Fsp3) is 0.364. The third-order valence-electron chi connectivity index (χ3n) is 5.09. The number of benzene rings is 1. The summed E-state index contributed by atoms with van der Waals surface area (Å²) in [6.07, 6.45) is 4.05. The van der Waals surface area contributed by atoms with Gasteiger partial charge in [0.25, 0.3) is 5.91 Å². The van der Waals surface area contributed by atoms with Crippen LogP contribution in [-0.2, 0) is 22.6 Å². The highest BCUT2D eigenvalue weighted by Crippen LogP contribution is 2.22. The van der Waals surface area contributed by atoms with Gasteiger partial charge in [0.15, 0.2) is 0 Å². The highest BCUT2D eigenvalue weighted by molar-refractivity contribution is 6.31. The van der Waals surface area contributed by atoms with Crippen molar-refractivity contribution in [3.8, 4) is 6.07 Å². The standard InChI is InChI=1S/C22H24ClN3O2/c1-15-10-18(16(2)26(15)14-20-7-5-9-28-20)11-19(12-24)22(27)25-13-17-6-3-4-8-21(17)23/h3-4,6,8,10-11,20H,5,7,9,13-14H2,1-2H3,(H,25,27)/b19-11+. The highest BCUT2D eigenvalue weighted by atomic mass is 35.5. The predicted octanol–water partition coefficient (Wildman–Crippen LogP) is 4.16. The largest absolute Gasteiger partial charge is 0.376 e. The van der Waals surface area contributed by atoms with E-state index in [1.807, 2.05) is 44.2 Å². The van der Waals surface area contributed by atoms with Crippen LogP contribution < -0.4 is 5.32 Å². The average Bonchev–Trinajstić information content (AvgIpc) is 3.29. The molecule has 1 atom stereocenters. The average molecular weight is 398 g/mol. The van der Waals surface area contributed by atoms with Gasteiger partial charge in [0.2, 0.25) is 0 Å². The van der Waals surface area contributed by atoms with E-state index in [1.54, 1.807) is 12.1 Å². The minimum Gasteiger partial charge on any atom is -0.376 e. The Labute approximate surface area is 170 Å². The number of nitrogens with zero attached hydrogens (tertiary/aromatic N) is 2. The van der Waals surface area contributed by atoms with Crippen LogP contribution in [-0.4, -0.2) is 23.2 Å². The SMILES string of the molecule is Cc1cc(/C=C(\C#N)C(=O)NCc2ccccc2Cl)c(C)n1CC1CCCO1. The van der Waals surface area contributed by atoms with Crippen LogP contribution >= 0.6 is 11.6 Å². The Hall–Kier alpha value is -2.55. The van der Waals surface area contributed by atoms with Crippen LogP contribution in [0.3, 0.4) is 0 Å². The number of aryl methyl sites for hydroxylation is 1. The summed E-state index contributed by atoms with van der Waals surface area (Å²) in [5.41, 5.74) is 3.88. The van der Waals surface area contributed by atoms with Crippen molar-refractivity contribution in [3.63, 3.8) is 0 Å². The first-order valence-corrected chi connectivity index (χ1v) is 9.79. The first-order chi connectivity index (χ1) is 13.5. The molecule has 6 heteroatoms. The molecule has 2 aromatic rings. The molecule has 1 aliphatic rings. The highest BCUT2D eigenvalue weighted by Gasteiger charge is 2.19. The van der Waals surface area contributed by atoms with Crippen LogP contribution in [0.1, 0.15) is 35.4 Å². The van der Waals surface area contributed by atoms with Crippen molar-refractivity contribution in [2.24, 2.45) is 0 Å². The zero-order valence-corrected chi connectivity index (χ0v) is 16.9. The van der Waals surface area contributed by atoms with Crippen molar-refractivity contribution in [1.29, 1.82) is 5.26 Å². The van der Waals surface area contributed by atoms with Gasteiger partial charge in [0.1, 0.15) is 11.6 Å². The Kier molecular flexibility index (Phi) is 6.56. The molecule has 2 heterocycles. The molecule has 1 fully saturated rings. The van der Waals surface area contributed by atoms with Crippen LogP contribution in [0.4, 0.5) is 0 Å². The molecule has 1 N–H and O–H groups in total. The van der Waals surface area contributed by atoms with Crippen molar-refractivity contribution < 1.29 is 9.53 Å². The Morgan fingerprint density at radius 3 is 2.89 bits per heavy atom. The second-order valence-electron chi connectivity index (χ2n) is 7.02. The molecule has 0 saturated carbocycles. The van der Waals surface area contributed by atoms with Gasteiger partial charge in [0.05, 0.1) is 6.10 Å². The summed E-state index contributed by atoms with van der Waals surface area (Å²) < 4.78 is 7.93. The van der Waals surface area contributed by atoms with Crippen molar-refractivity contribution in [2.45, 2.75) is 45.9 Å². The molecule has 1 aromatic heterocycles. The molecule has 5 nitrogen and oxygen atoms in total. The molecule has 146 valence electrons. The first-order valence-electron chi connectivity index (χ1n) is 9.41. The van der Waals surface area contributed by atoms with E-state index in [0.717, 1.165) is 48.5 Å². The van der Waals surface area contributed by atoms with Gasteiger partial charge < -0.3 is 14.6 Å². The maximum Gasteiger partial charge on any atom is 0.262 e. The van der Waals surface area contributed by atoms with Crippen LogP contribution in [0.15, 0.2) is 35.9 Å². The van der Waals surface area contributed by atoms with E-state index < -0.39 is 5.91 Å². The summed E-state index contributed by atoms with van der Waals surface area (Å²) in [6.45, 7) is 5.93. The summed E-state index contributed by atoms with van der Waals surface area (Å²) >= 11 is 6.12. The van der Waals surface area contributed by atoms with Gasteiger partial charge in [-0.3, -0.25) is 4.79 Å². The first kappa shape index (κ1) is 20.2. The van der Waals surface area contributed by atoms with Crippen molar-refractivity contribution in [3.05, 3.63) is 63.4 Å². The third kappa shape index (κ3) is 4.64. The summed E-state index contributed by atoms with van der Waals surface area (Å²) in [7, 11) is 0. The molecule has 0 bridgehead atoms. The van der Waals surface area contributed by atoms with Gasteiger partial charge in [-0.25, -0.2) is 0 Å². The number of nitriles is 1. The number of halogens is 1. The molecule has 28 heavy (non-hydrogen) atoms. The number of carbonyl (C=O) groups is 1. The van der Waals surface area contributed by atoms with E-state index in [4.69, 9.17) is 16.3 Å². The van der Waals surface area contributed by atoms with Crippen molar-refractivity contribution in [1.82, 2.24) is 9.88 Å². The Bertz CT molecular complexity index is 934. The van der Waals surface area contributed by atoms with E-state index in [2.05, 4.69) is 9.88 Å². The summed E-state index contributed by atoms with van der Waals surface area (Å²) in [5.74, 6) is -0.411. The lowest BCUT2D eigenvalue weighted by Gasteiger charge is -2.14. The van der Waals surface area contributed by atoms with Gasteiger partial charge in [-0.15, -0.1) is 0 Å². The molecule has 1 unspecified atom stereocenters. The summed E-state index contributed by atoms with van der Waals surface area (Å²) in [5, 5.41) is 12.8. The van der Waals surface area contributed by atoms with Crippen LogP contribution in [0.2, 0.25) is 5.02 Å².